The van der Waals surface area contributed by atoms with E-state index >= 15 is 4.79 Å². The number of hydrogen-bond donors (Lipinski definition) is 2. The summed E-state index contributed by atoms with van der Waals surface area (Å²) in [6.07, 6.45) is -4.25. The van der Waals surface area contributed by atoms with Gasteiger partial charge in [0.2, 0.25) is 5.78 Å². The molecule has 4 saturated carbocycles. The molecule has 0 aromatic rings. The highest BCUT2D eigenvalue weighted by atomic mass is 16.6. The first-order valence-corrected chi connectivity index (χ1v) is 18.8. The molecule has 53 heavy (non-hydrogen) atoms. The molecule has 14 heteroatoms. The predicted octanol–water partition coefficient (Wildman–Crippen LogP) is 2.58. The molecule has 7 rings (SSSR count). The van der Waals surface area contributed by atoms with Gasteiger partial charge >= 0.3 is 29.8 Å². The van der Waals surface area contributed by atoms with Gasteiger partial charge in [-0.1, -0.05) is 34.6 Å². The number of Topliss-reactive ketones (excluding diaryl/α,β-unsaturated/α-hetero) is 1. The SMILES string of the molecule is CC(=O)OC1C(=O)C2(O)C[C@@H]3O[C@@H]3[C@H](OC(=O)CC(C)C)[C@]2(C)C2C[C@H](OC(C)=O)[C@@]3(C)C(C(OC(C)=O)C4C3C(C)C=C3OC(=O)[C@@](C)(O)[C@@]34C)C12. The normalized spacial score (nSPS) is 50.2. The molecular weight excluding hydrogens is 692 g/mol. The minimum atomic E-state index is -2.21. The molecule has 5 aliphatic carbocycles. The average Bonchev–Trinajstić information content (AvgIpc) is 3.69. The summed E-state index contributed by atoms with van der Waals surface area (Å²) in [6, 6.07) is 0. The molecule has 2 aliphatic heterocycles. The van der Waals surface area contributed by atoms with Gasteiger partial charge < -0.3 is 38.6 Å². The van der Waals surface area contributed by atoms with Gasteiger partial charge in [-0.25, -0.2) is 4.79 Å². The van der Waals surface area contributed by atoms with Crippen LogP contribution in [0.25, 0.3) is 0 Å². The second kappa shape index (κ2) is 11.8. The van der Waals surface area contributed by atoms with E-state index in [4.69, 9.17) is 28.4 Å². The molecule has 2 heterocycles. The molecular formula is C39H52O14. The van der Waals surface area contributed by atoms with E-state index in [9.17, 15) is 34.2 Å². The van der Waals surface area contributed by atoms with Crippen molar-refractivity contribution in [1.82, 2.24) is 0 Å². The van der Waals surface area contributed by atoms with E-state index in [2.05, 4.69) is 0 Å². The van der Waals surface area contributed by atoms with Crippen molar-refractivity contribution >= 4 is 35.6 Å². The van der Waals surface area contributed by atoms with Gasteiger partial charge in [0.1, 0.15) is 35.8 Å². The number of aliphatic hydroxyl groups is 2. The number of allylic oxidation sites excluding steroid dienone is 1. The van der Waals surface area contributed by atoms with Crippen LogP contribution in [0.5, 0.6) is 0 Å². The van der Waals surface area contributed by atoms with Gasteiger partial charge in [0, 0.05) is 62.2 Å². The number of ketones is 1. The van der Waals surface area contributed by atoms with E-state index in [-0.39, 0.29) is 30.9 Å². The maximum atomic E-state index is 15.1. The first-order valence-electron chi connectivity index (χ1n) is 18.8. The van der Waals surface area contributed by atoms with Crippen LogP contribution < -0.4 is 0 Å². The van der Waals surface area contributed by atoms with Crippen LogP contribution in [0.3, 0.4) is 0 Å². The molecule has 0 spiro atoms. The third kappa shape index (κ3) is 4.85. The minimum absolute atomic E-state index is 0.0402. The lowest BCUT2D eigenvalue weighted by atomic mass is 9.40. The quantitative estimate of drug-likeness (QED) is 0.228. The topological polar surface area (TPSA) is 202 Å². The van der Waals surface area contributed by atoms with Gasteiger partial charge in [-0.2, -0.15) is 0 Å². The smallest absolute Gasteiger partial charge is 0.343 e. The first-order chi connectivity index (χ1) is 24.5. The largest absolute Gasteiger partial charge is 0.462 e. The van der Waals surface area contributed by atoms with E-state index < -0.39 is 135 Å². The lowest BCUT2D eigenvalue weighted by Gasteiger charge is -2.65. The molecule has 0 amide bonds. The van der Waals surface area contributed by atoms with Gasteiger partial charge in [-0.05, 0) is 50.0 Å². The molecule has 0 aromatic heterocycles. The number of carbonyl (C=O) groups is 6. The van der Waals surface area contributed by atoms with Gasteiger partial charge in [0.15, 0.2) is 11.7 Å². The van der Waals surface area contributed by atoms with E-state index in [1.54, 1.807) is 19.9 Å². The molecule has 2 N–H and O–H groups in total. The van der Waals surface area contributed by atoms with Crippen molar-refractivity contribution in [2.24, 2.45) is 57.7 Å². The Morgan fingerprint density at radius 1 is 0.906 bits per heavy atom. The highest BCUT2D eigenvalue weighted by Gasteiger charge is 2.84. The Labute approximate surface area is 308 Å². The molecule has 17 atom stereocenters. The zero-order valence-electron chi connectivity index (χ0n) is 32.0. The van der Waals surface area contributed by atoms with Crippen molar-refractivity contribution in [3.8, 4) is 0 Å². The highest BCUT2D eigenvalue weighted by molar-refractivity contribution is 5.95. The van der Waals surface area contributed by atoms with Crippen molar-refractivity contribution in [3.05, 3.63) is 11.8 Å². The summed E-state index contributed by atoms with van der Waals surface area (Å²) in [4.78, 5) is 81.0. The Kier molecular flexibility index (Phi) is 8.46. The minimum Gasteiger partial charge on any atom is -0.462 e. The maximum absolute atomic E-state index is 15.1. The van der Waals surface area contributed by atoms with Gasteiger partial charge in [-0.15, -0.1) is 0 Å². The molecule has 7 aliphatic rings. The van der Waals surface area contributed by atoms with Crippen molar-refractivity contribution in [2.75, 3.05) is 0 Å². The Balaban J connectivity index is 1.49. The monoisotopic (exact) mass is 744 g/mol. The van der Waals surface area contributed by atoms with Gasteiger partial charge in [0.25, 0.3) is 0 Å². The van der Waals surface area contributed by atoms with Crippen LogP contribution in [-0.2, 0) is 57.2 Å². The summed E-state index contributed by atoms with van der Waals surface area (Å²) >= 11 is 0. The molecule has 0 radical (unpaired) electrons. The van der Waals surface area contributed by atoms with Crippen LogP contribution in [0.1, 0.15) is 88.5 Å². The number of hydrogen-bond acceptors (Lipinski definition) is 14. The van der Waals surface area contributed by atoms with Gasteiger partial charge in [-0.3, -0.25) is 24.0 Å². The van der Waals surface area contributed by atoms with Crippen molar-refractivity contribution in [1.29, 1.82) is 0 Å². The summed E-state index contributed by atoms with van der Waals surface area (Å²) in [7, 11) is 0. The fourth-order valence-corrected chi connectivity index (χ4v) is 12.5. The van der Waals surface area contributed by atoms with Crippen molar-refractivity contribution in [2.45, 2.75) is 136 Å². The Bertz CT molecular complexity index is 1700. The van der Waals surface area contributed by atoms with E-state index in [0.29, 0.717) is 0 Å². The van der Waals surface area contributed by atoms with Crippen LogP contribution in [0.15, 0.2) is 11.8 Å². The molecule has 2 saturated heterocycles. The fourth-order valence-electron chi connectivity index (χ4n) is 12.5. The summed E-state index contributed by atoms with van der Waals surface area (Å²) in [5.41, 5.74) is -8.46. The number of rotatable bonds is 6. The Hall–Kier alpha value is -3.36. The third-order valence-electron chi connectivity index (χ3n) is 14.8. The number of fused-ring (bicyclic) bond motifs is 10. The molecule has 14 nitrogen and oxygen atoms in total. The first kappa shape index (κ1) is 37.9. The zero-order valence-corrected chi connectivity index (χ0v) is 32.0. The number of ether oxygens (including phenoxy) is 6. The molecule has 9 unspecified atom stereocenters. The number of epoxide rings is 1. The number of carbonyl (C=O) groups excluding carboxylic acids is 6. The van der Waals surface area contributed by atoms with Gasteiger partial charge in [0.05, 0.1) is 11.5 Å². The Morgan fingerprint density at radius 2 is 1.53 bits per heavy atom. The summed E-state index contributed by atoms with van der Waals surface area (Å²) in [5.74, 6) is -8.64. The van der Waals surface area contributed by atoms with E-state index in [1.807, 2.05) is 27.7 Å². The standard InChI is InChI=1S/C39H52O14/c1-15(2)11-24(43)53-33-29-21(51-29)14-39(47)32(44)30(49-18(5)41)25-20(36(33,39)8)13-22(48-17(4)40)35(7)26-16(3)12-23-37(9,38(10,46)34(45)52-23)28(26)31(27(25)35)50-19(6)42/h12,15-16,20-22,25-31,33,46-47H,11,13-14H2,1-10H3/t16?,20?,21-,22-,25?,26?,27?,28?,29-,30?,31?,33-,35+,36-,37-,38+,39?/m0/s1. The van der Waals surface area contributed by atoms with Crippen molar-refractivity contribution < 1.29 is 67.4 Å². The van der Waals surface area contributed by atoms with Crippen LogP contribution in [0.4, 0.5) is 0 Å². The van der Waals surface area contributed by atoms with Crippen LogP contribution in [-0.4, -0.2) is 93.7 Å². The molecule has 0 bridgehead atoms. The predicted molar refractivity (Wildman–Crippen MR) is 180 cm³/mol. The summed E-state index contributed by atoms with van der Waals surface area (Å²) in [6.45, 7) is 16.0. The van der Waals surface area contributed by atoms with Crippen molar-refractivity contribution in [3.63, 3.8) is 0 Å². The van der Waals surface area contributed by atoms with Crippen LogP contribution in [0, 0.1) is 57.7 Å². The summed E-state index contributed by atoms with van der Waals surface area (Å²) in [5, 5.41) is 24.8. The fraction of sp³-hybridized carbons (Fsp3) is 0.795. The third-order valence-corrected chi connectivity index (χ3v) is 14.8. The van der Waals surface area contributed by atoms with Crippen LogP contribution >= 0.6 is 0 Å². The Morgan fingerprint density at radius 3 is 2.11 bits per heavy atom. The van der Waals surface area contributed by atoms with E-state index in [1.165, 1.54) is 20.8 Å². The lowest BCUT2D eigenvalue weighted by Crippen LogP contribution is -2.77. The highest BCUT2D eigenvalue weighted by Crippen LogP contribution is 2.76. The average molecular weight is 745 g/mol. The maximum Gasteiger partial charge on any atom is 0.343 e. The lowest BCUT2D eigenvalue weighted by molar-refractivity contribution is -0.269. The summed E-state index contributed by atoms with van der Waals surface area (Å²) < 4.78 is 36.4. The number of esters is 5. The second-order valence-corrected chi connectivity index (χ2v) is 18.0. The molecule has 0 aromatic carbocycles. The van der Waals surface area contributed by atoms with Crippen LogP contribution in [0.2, 0.25) is 0 Å². The molecule has 292 valence electrons. The molecule has 6 fully saturated rings. The van der Waals surface area contributed by atoms with E-state index in [0.717, 1.165) is 6.92 Å². The zero-order chi connectivity index (χ0) is 39.1. The second-order valence-electron chi connectivity index (χ2n) is 18.0.